The number of aryl methyl sites for hydroxylation is 1. The monoisotopic (exact) mass is 280 g/mol. The first kappa shape index (κ1) is 11.1. The van der Waals surface area contributed by atoms with Crippen molar-refractivity contribution in [1.82, 2.24) is 14.8 Å². The van der Waals surface area contributed by atoms with Crippen molar-refractivity contribution in [2.45, 2.75) is 19.9 Å². The normalized spacial score (nSPS) is 10.6. The van der Waals surface area contributed by atoms with Gasteiger partial charge in [-0.05, 0) is 24.6 Å². The molecule has 0 bridgehead atoms. The van der Waals surface area contributed by atoms with Crippen molar-refractivity contribution >= 4 is 21.6 Å². The fourth-order valence-corrected chi connectivity index (χ4v) is 1.98. The Morgan fingerprint density at radius 1 is 1.44 bits per heavy atom. The van der Waals surface area contributed by atoms with Gasteiger partial charge >= 0.3 is 0 Å². The van der Waals surface area contributed by atoms with Crippen molar-refractivity contribution in [3.63, 3.8) is 0 Å². The first-order valence-electron chi connectivity index (χ1n) is 5.15. The van der Waals surface area contributed by atoms with Crippen molar-refractivity contribution < 1.29 is 0 Å². The zero-order valence-corrected chi connectivity index (χ0v) is 10.6. The van der Waals surface area contributed by atoms with Crippen LogP contribution >= 0.6 is 15.9 Å². The Hall–Kier alpha value is -1.36. The van der Waals surface area contributed by atoms with Gasteiger partial charge in [-0.1, -0.05) is 22.9 Å². The van der Waals surface area contributed by atoms with Gasteiger partial charge in [-0.15, -0.1) is 10.2 Å². The van der Waals surface area contributed by atoms with E-state index >= 15 is 0 Å². The Morgan fingerprint density at radius 2 is 2.25 bits per heavy atom. The lowest BCUT2D eigenvalue weighted by Crippen LogP contribution is -2.00. The van der Waals surface area contributed by atoms with Gasteiger partial charge in [0.15, 0.2) is 5.82 Å². The van der Waals surface area contributed by atoms with E-state index in [1.54, 1.807) is 6.33 Å². The van der Waals surface area contributed by atoms with Crippen molar-refractivity contribution in [2.75, 3.05) is 5.73 Å². The lowest BCUT2D eigenvalue weighted by atomic mass is 10.1. The molecule has 0 saturated carbocycles. The number of rotatable bonds is 3. The van der Waals surface area contributed by atoms with E-state index in [0.717, 1.165) is 28.8 Å². The SMILES string of the molecule is CCCn1cnnc1-c1ccc(Br)cc1N. The van der Waals surface area contributed by atoms with Crippen LogP contribution in [0.2, 0.25) is 0 Å². The van der Waals surface area contributed by atoms with Gasteiger partial charge in [0.05, 0.1) is 0 Å². The molecule has 0 atom stereocenters. The molecular weight excluding hydrogens is 268 g/mol. The topological polar surface area (TPSA) is 56.7 Å². The number of nitrogens with two attached hydrogens (primary N) is 1. The summed E-state index contributed by atoms with van der Waals surface area (Å²) in [5.41, 5.74) is 7.60. The number of halogens is 1. The summed E-state index contributed by atoms with van der Waals surface area (Å²) in [5, 5.41) is 8.04. The quantitative estimate of drug-likeness (QED) is 0.880. The van der Waals surface area contributed by atoms with Gasteiger partial charge in [0.25, 0.3) is 0 Å². The van der Waals surface area contributed by atoms with Crippen molar-refractivity contribution in [1.29, 1.82) is 0 Å². The van der Waals surface area contributed by atoms with E-state index in [2.05, 4.69) is 33.1 Å². The van der Waals surface area contributed by atoms with Gasteiger partial charge in [-0.2, -0.15) is 0 Å². The fourth-order valence-electron chi connectivity index (χ4n) is 1.61. The molecule has 0 saturated heterocycles. The molecule has 5 heteroatoms. The molecule has 84 valence electrons. The van der Waals surface area contributed by atoms with Gasteiger partial charge in [0.2, 0.25) is 0 Å². The Morgan fingerprint density at radius 3 is 2.94 bits per heavy atom. The van der Waals surface area contributed by atoms with Gasteiger partial charge in [-0.25, -0.2) is 0 Å². The van der Waals surface area contributed by atoms with Crippen molar-refractivity contribution in [3.8, 4) is 11.4 Å². The Bertz CT molecular complexity index is 492. The number of aromatic nitrogens is 3. The highest BCUT2D eigenvalue weighted by Gasteiger charge is 2.09. The number of hydrogen-bond acceptors (Lipinski definition) is 3. The minimum absolute atomic E-state index is 0.708. The van der Waals surface area contributed by atoms with E-state index in [-0.39, 0.29) is 0 Å². The molecule has 2 rings (SSSR count). The summed E-state index contributed by atoms with van der Waals surface area (Å²) in [6, 6.07) is 5.78. The maximum Gasteiger partial charge on any atom is 0.165 e. The highest BCUT2D eigenvalue weighted by Crippen LogP contribution is 2.27. The number of nitrogens with zero attached hydrogens (tertiary/aromatic N) is 3. The van der Waals surface area contributed by atoms with Gasteiger partial charge in [0.1, 0.15) is 6.33 Å². The second kappa shape index (κ2) is 4.65. The largest absolute Gasteiger partial charge is 0.398 e. The molecule has 0 unspecified atom stereocenters. The van der Waals surface area contributed by atoms with Crippen LogP contribution in [0, 0.1) is 0 Å². The molecule has 4 nitrogen and oxygen atoms in total. The van der Waals surface area contributed by atoms with Crippen LogP contribution < -0.4 is 5.73 Å². The van der Waals surface area contributed by atoms with E-state index in [9.17, 15) is 0 Å². The second-order valence-corrected chi connectivity index (χ2v) is 4.50. The molecule has 0 radical (unpaired) electrons. The molecule has 0 fully saturated rings. The fraction of sp³-hybridized carbons (Fsp3) is 0.273. The first-order valence-corrected chi connectivity index (χ1v) is 5.95. The van der Waals surface area contributed by atoms with Crippen LogP contribution in [-0.2, 0) is 6.54 Å². The summed E-state index contributed by atoms with van der Waals surface area (Å²) in [6.07, 6.45) is 2.78. The maximum absolute atomic E-state index is 5.97. The van der Waals surface area contributed by atoms with Gasteiger partial charge < -0.3 is 10.3 Å². The van der Waals surface area contributed by atoms with E-state index < -0.39 is 0 Å². The molecule has 1 aromatic carbocycles. The minimum Gasteiger partial charge on any atom is -0.398 e. The molecular formula is C11H13BrN4. The zero-order chi connectivity index (χ0) is 11.5. The molecule has 2 aromatic rings. The lowest BCUT2D eigenvalue weighted by Gasteiger charge is -2.07. The third-order valence-electron chi connectivity index (χ3n) is 2.33. The van der Waals surface area contributed by atoms with Crippen LogP contribution in [-0.4, -0.2) is 14.8 Å². The zero-order valence-electron chi connectivity index (χ0n) is 9.02. The van der Waals surface area contributed by atoms with Crippen LogP contribution in [0.1, 0.15) is 13.3 Å². The maximum atomic E-state index is 5.97. The van der Waals surface area contributed by atoms with Crippen LogP contribution in [0.4, 0.5) is 5.69 Å². The Kier molecular flexibility index (Phi) is 3.24. The molecule has 0 aliphatic rings. The summed E-state index contributed by atoms with van der Waals surface area (Å²) >= 11 is 3.39. The summed E-state index contributed by atoms with van der Waals surface area (Å²) < 4.78 is 2.98. The minimum atomic E-state index is 0.708. The molecule has 2 N–H and O–H groups in total. The van der Waals surface area contributed by atoms with Crippen LogP contribution in [0.25, 0.3) is 11.4 Å². The molecule has 1 heterocycles. The van der Waals surface area contributed by atoms with E-state index in [1.807, 2.05) is 22.8 Å². The highest BCUT2D eigenvalue weighted by atomic mass is 79.9. The molecule has 0 aliphatic heterocycles. The molecule has 16 heavy (non-hydrogen) atoms. The molecule has 0 aliphatic carbocycles. The Labute approximate surface area is 103 Å². The smallest absolute Gasteiger partial charge is 0.165 e. The number of benzene rings is 1. The molecule has 0 amide bonds. The standard InChI is InChI=1S/C11H13BrN4/c1-2-5-16-7-14-15-11(16)9-4-3-8(12)6-10(9)13/h3-4,6-7H,2,5,13H2,1H3. The van der Waals surface area contributed by atoms with E-state index in [0.29, 0.717) is 5.69 Å². The molecule has 0 spiro atoms. The highest BCUT2D eigenvalue weighted by molar-refractivity contribution is 9.10. The van der Waals surface area contributed by atoms with E-state index in [4.69, 9.17) is 5.73 Å². The lowest BCUT2D eigenvalue weighted by molar-refractivity contribution is 0.683. The first-order chi connectivity index (χ1) is 7.72. The average molecular weight is 281 g/mol. The summed E-state index contributed by atoms with van der Waals surface area (Å²) in [5.74, 6) is 0.826. The van der Waals surface area contributed by atoms with Gasteiger partial charge in [-0.3, -0.25) is 0 Å². The second-order valence-electron chi connectivity index (χ2n) is 3.58. The van der Waals surface area contributed by atoms with Gasteiger partial charge in [0, 0.05) is 22.3 Å². The number of nitrogen functional groups attached to an aromatic ring is 1. The van der Waals surface area contributed by atoms with Crippen LogP contribution in [0.15, 0.2) is 29.0 Å². The molecule has 1 aromatic heterocycles. The third kappa shape index (κ3) is 2.09. The number of hydrogen-bond donors (Lipinski definition) is 1. The third-order valence-corrected chi connectivity index (χ3v) is 2.83. The summed E-state index contributed by atoms with van der Waals surface area (Å²) in [6.45, 7) is 3.02. The van der Waals surface area contributed by atoms with Crippen molar-refractivity contribution in [3.05, 3.63) is 29.0 Å². The summed E-state index contributed by atoms with van der Waals surface area (Å²) in [4.78, 5) is 0. The average Bonchev–Trinajstić information content (AvgIpc) is 2.67. The predicted molar refractivity (Wildman–Crippen MR) is 67.9 cm³/mol. The van der Waals surface area contributed by atoms with Crippen LogP contribution in [0.5, 0.6) is 0 Å². The summed E-state index contributed by atoms with van der Waals surface area (Å²) in [7, 11) is 0. The van der Waals surface area contributed by atoms with Crippen LogP contribution in [0.3, 0.4) is 0 Å². The van der Waals surface area contributed by atoms with E-state index in [1.165, 1.54) is 0 Å². The van der Waals surface area contributed by atoms with Crippen molar-refractivity contribution in [2.24, 2.45) is 0 Å². The number of anilines is 1. The Balaban J connectivity index is 2.46. The predicted octanol–water partition coefficient (Wildman–Crippen LogP) is 2.70.